The van der Waals surface area contributed by atoms with Crippen molar-refractivity contribution in [1.29, 1.82) is 5.41 Å². The van der Waals surface area contributed by atoms with Crippen LogP contribution in [0.15, 0.2) is 77.7 Å². The summed E-state index contributed by atoms with van der Waals surface area (Å²) in [6.45, 7) is 1.60. The van der Waals surface area contributed by atoms with Crippen LogP contribution < -0.4 is 11.0 Å². The lowest BCUT2D eigenvalue weighted by molar-refractivity contribution is -0.140. The van der Waals surface area contributed by atoms with Gasteiger partial charge in [-0.25, -0.2) is 0 Å². The molecule has 0 saturated carbocycles. The number of hydrogen-bond acceptors (Lipinski definition) is 4. The van der Waals surface area contributed by atoms with Crippen LogP contribution in [-0.2, 0) is 18.9 Å². The number of benzene rings is 2. The van der Waals surface area contributed by atoms with Gasteiger partial charge in [0.25, 0.3) is 11.6 Å². The average Bonchev–Trinajstić information content (AvgIpc) is 3.26. The fourth-order valence-corrected chi connectivity index (χ4v) is 3.88. The summed E-state index contributed by atoms with van der Waals surface area (Å²) in [5.74, 6) is -0.652. The Labute approximate surface area is 212 Å². The number of pyridine rings is 1. The second-order valence-corrected chi connectivity index (χ2v) is 8.47. The van der Waals surface area contributed by atoms with Gasteiger partial charge in [0.15, 0.2) is 5.69 Å². The largest absolute Gasteiger partial charge is 0.433 e. The van der Waals surface area contributed by atoms with Crippen LogP contribution in [0.2, 0.25) is 0 Å². The second-order valence-electron chi connectivity index (χ2n) is 8.47. The molecule has 4 aromatic rings. The van der Waals surface area contributed by atoms with Crippen molar-refractivity contribution >= 4 is 5.91 Å². The first-order valence-electron chi connectivity index (χ1n) is 11.2. The summed E-state index contributed by atoms with van der Waals surface area (Å²) >= 11 is 0. The van der Waals surface area contributed by atoms with Gasteiger partial charge in [0.1, 0.15) is 6.26 Å². The number of hydrogen-bond donors (Lipinski definition) is 2. The van der Waals surface area contributed by atoms with Gasteiger partial charge in [-0.1, -0.05) is 18.2 Å². The first-order valence-corrected chi connectivity index (χ1v) is 11.2. The van der Waals surface area contributed by atoms with E-state index in [2.05, 4.69) is 10.3 Å². The van der Waals surface area contributed by atoms with Gasteiger partial charge < -0.3 is 9.73 Å². The summed E-state index contributed by atoms with van der Waals surface area (Å²) < 4.78 is 85.9. The number of oxazole rings is 1. The van der Waals surface area contributed by atoms with E-state index in [1.807, 2.05) is 0 Å². The predicted octanol–water partition coefficient (Wildman–Crippen LogP) is 6.20. The molecule has 2 aromatic carbocycles. The minimum atomic E-state index is -4.75. The SMILES string of the molecule is C[C@H](NC(=O)c1cc(Cn2ccoc2=N)cc(-c2cccnc2C(F)(F)F)c1)c1ccc(C(F)(F)F)cc1. The highest BCUT2D eigenvalue weighted by Crippen LogP contribution is 2.36. The number of amides is 1. The van der Waals surface area contributed by atoms with Crippen molar-refractivity contribution in [2.75, 3.05) is 0 Å². The summed E-state index contributed by atoms with van der Waals surface area (Å²) in [7, 11) is 0. The van der Waals surface area contributed by atoms with Gasteiger partial charge in [0.2, 0.25) is 0 Å². The second kappa shape index (κ2) is 10.2. The first kappa shape index (κ1) is 26.7. The molecule has 2 aromatic heterocycles. The maximum Gasteiger partial charge on any atom is 0.433 e. The fourth-order valence-electron chi connectivity index (χ4n) is 3.88. The number of alkyl halides is 6. The standard InChI is InChI=1S/C26H20F6N4O2/c1-15(17-4-6-20(7-5-17)25(27,28)29)35-23(37)19-12-16(14-36-9-10-38-24(36)33)11-18(13-19)21-3-2-8-34-22(21)26(30,31)32/h2-13,15,33H,14H2,1H3,(H,35,37)/t15-/m0/s1. The molecule has 198 valence electrons. The Bertz CT molecular complexity index is 1500. The van der Waals surface area contributed by atoms with Crippen LogP contribution in [0, 0.1) is 5.41 Å². The van der Waals surface area contributed by atoms with Crippen LogP contribution in [0.5, 0.6) is 0 Å². The van der Waals surface area contributed by atoms with Crippen molar-refractivity contribution in [3.05, 3.63) is 107 Å². The number of halogens is 6. The number of nitrogens with zero attached hydrogens (tertiary/aromatic N) is 2. The van der Waals surface area contributed by atoms with E-state index < -0.39 is 35.6 Å². The molecule has 1 atom stereocenters. The van der Waals surface area contributed by atoms with E-state index in [1.165, 1.54) is 59.5 Å². The Balaban J connectivity index is 1.70. The van der Waals surface area contributed by atoms with Crippen molar-refractivity contribution in [3.63, 3.8) is 0 Å². The van der Waals surface area contributed by atoms with Gasteiger partial charge in [-0.2, -0.15) is 26.3 Å². The molecule has 0 aliphatic heterocycles. The fraction of sp³-hybridized carbons (Fsp3) is 0.192. The summed E-state index contributed by atoms with van der Waals surface area (Å²) in [5, 5.41) is 10.5. The maximum atomic E-state index is 13.7. The van der Waals surface area contributed by atoms with Crippen LogP contribution in [0.25, 0.3) is 11.1 Å². The number of aromatic nitrogens is 2. The number of rotatable bonds is 6. The zero-order valence-electron chi connectivity index (χ0n) is 19.7. The molecule has 6 nitrogen and oxygen atoms in total. The molecule has 4 rings (SSSR count). The maximum absolute atomic E-state index is 13.7. The Hall–Kier alpha value is -4.35. The third-order valence-corrected chi connectivity index (χ3v) is 5.76. The van der Waals surface area contributed by atoms with E-state index >= 15 is 0 Å². The highest BCUT2D eigenvalue weighted by Gasteiger charge is 2.35. The molecule has 0 fully saturated rings. The Morgan fingerprint density at radius 2 is 1.76 bits per heavy atom. The minimum Gasteiger partial charge on any atom is -0.432 e. The molecule has 2 N–H and O–H groups in total. The van der Waals surface area contributed by atoms with E-state index in [4.69, 9.17) is 9.83 Å². The molecule has 0 bridgehead atoms. The molecule has 12 heteroatoms. The average molecular weight is 534 g/mol. The van der Waals surface area contributed by atoms with Crippen LogP contribution in [0.4, 0.5) is 26.3 Å². The van der Waals surface area contributed by atoms with Crippen molar-refractivity contribution in [1.82, 2.24) is 14.9 Å². The van der Waals surface area contributed by atoms with E-state index in [1.54, 1.807) is 6.92 Å². The van der Waals surface area contributed by atoms with Crippen LogP contribution in [-0.4, -0.2) is 15.5 Å². The summed E-state index contributed by atoms with van der Waals surface area (Å²) in [6.07, 6.45) is -5.50. The van der Waals surface area contributed by atoms with Crippen molar-refractivity contribution in [2.45, 2.75) is 31.9 Å². The monoisotopic (exact) mass is 534 g/mol. The number of carbonyl (C=O) groups excluding carboxylic acids is 1. The van der Waals surface area contributed by atoms with Gasteiger partial charge in [-0.3, -0.25) is 19.8 Å². The lowest BCUT2D eigenvalue weighted by atomic mass is 9.97. The van der Waals surface area contributed by atoms with Gasteiger partial charge in [0, 0.05) is 23.5 Å². The minimum absolute atomic E-state index is 0.0175. The summed E-state index contributed by atoms with van der Waals surface area (Å²) in [5.41, 5.74) is -1.49. The molecule has 0 aliphatic rings. The zero-order valence-corrected chi connectivity index (χ0v) is 19.7. The molecule has 0 aliphatic carbocycles. The molecular weight excluding hydrogens is 514 g/mol. The van der Waals surface area contributed by atoms with Crippen molar-refractivity contribution in [3.8, 4) is 11.1 Å². The molecule has 0 saturated heterocycles. The number of nitrogens with one attached hydrogen (secondary N) is 2. The van der Waals surface area contributed by atoms with E-state index in [-0.39, 0.29) is 28.9 Å². The van der Waals surface area contributed by atoms with Gasteiger partial charge in [-0.15, -0.1) is 0 Å². The topological polar surface area (TPSA) is 83.9 Å². The van der Waals surface area contributed by atoms with Crippen LogP contribution in [0.3, 0.4) is 0 Å². The predicted molar refractivity (Wildman–Crippen MR) is 124 cm³/mol. The lowest BCUT2D eigenvalue weighted by Gasteiger charge is -2.17. The summed E-state index contributed by atoms with van der Waals surface area (Å²) in [6, 6.07) is 10.4. The molecule has 2 heterocycles. The first-order chi connectivity index (χ1) is 17.8. The molecular formula is C26H20F6N4O2. The van der Waals surface area contributed by atoms with E-state index in [0.29, 0.717) is 11.1 Å². The van der Waals surface area contributed by atoms with Gasteiger partial charge >= 0.3 is 12.4 Å². The zero-order chi connectivity index (χ0) is 27.7. The van der Waals surface area contributed by atoms with Gasteiger partial charge in [-0.05, 0) is 60.0 Å². The normalized spacial score (nSPS) is 12.8. The smallest absolute Gasteiger partial charge is 0.432 e. The van der Waals surface area contributed by atoms with Crippen molar-refractivity contribution < 1.29 is 35.6 Å². The van der Waals surface area contributed by atoms with Crippen LogP contribution in [0.1, 0.15) is 45.7 Å². The highest BCUT2D eigenvalue weighted by molar-refractivity contribution is 5.96. The van der Waals surface area contributed by atoms with Gasteiger partial charge in [0.05, 0.1) is 18.2 Å². The molecule has 0 spiro atoms. The number of carbonyl (C=O) groups is 1. The molecule has 0 radical (unpaired) electrons. The third kappa shape index (κ3) is 5.96. The quantitative estimate of drug-likeness (QED) is 0.289. The van der Waals surface area contributed by atoms with E-state index in [9.17, 15) is 31.1 Å². The van der Waals surface area contributed by atoms with E-state index in [0.717, 1.165) is 18.3 Å². The summed E-state index contributed by atoms with van der Waals surface area (Å²) in [4.78, 5) is 16.6. The Kier molecular flexibility index (Phi) is 7.16. The Morgan fingerprint density at radius 3 is 2.37 bits per heavy atom. The van der Waals surface area contributed by atoms with Crippen LogP contribution >= 0.6 is 0 Å². The third-order valence-electron chi connectivity index (χ3n) is 5.76. The van der Waals surface area contributed by atoms with Crippen molar-refractivity contribution in [2.24, 2.45) is 0 Å². The Morgan fingerprint density at radius 1 is 1.05 bits per heavy atom. The molecule has 38 heavy (non-hydrogen) atoms. The highest BCUT2D eigenvalue weighted by atomic mass is 19.4. The lowest BCUT2D eigenvalue weighted by Crippen LogP contribution is -2.27. The molecule has 1 amide bonds. The molecule has 0 unspecified atom stereocenters.